The zero-order valence-electron chi connectivity index (χ0n) is 11.5. The lowest BCUT2D eigenvalue weighted by Crippen LogP contribution is -2.21. The van der Waals surface area contributed by atoms with Gasteiger partial charge in [0.1, 0.15) is 6.10 Å². The Kier molecular flexibility index (Phi) is 5.21. The van der Waals surface area contributed by atoms with Gasteiger partial charge < -0.3 is 20.4 Å². The van der Waals surface area contributed by atoms with E-state index in [9.17, 15) is 9.59 Å². The summed E-state index contributed by atoms with van der Waals surface area (Å²) in [6, 6.07) is 3.95. The maximum atomic E-state index is 9.55. The topological polar surface area (TPSA) is 121 Å². The van der Waals surface area contributed by atoms with Crippen LogP contribution < -0.4 is 5.32 Å². The Labute approximate surface area is 126 Å². The number of carbonyl (C=O) groups is 2. The van der Waals surface area contributed by atoms with E-state index in [4.69, 9.17) is 15.1 Å². The van der Waals surface area contributed by atoms with Gasteiger partial charge in [0.05, 0.1) is 11.6 Å². The van der Waals surface area contributed by atoms with Crippen molar-refractivity contribution in [2.24, 2.45) is 11.1 Å². The van der Waals surface area contributed by atoms with E-state index in [0.29, 0.717) is 18.1 Å². The SMILES string of the molecule is O=C(O)/C=C/C(=O)O.c1cncc(C2=NOC3CNCC23)c1. The highest BCUT2D eigenvalue weighted by atomic mass is 16.6. The first-order valence-electron chi connectivity index (χ1n) is 6.56. The average Bonchev–Trinajstić information content (AvgIpc) is 3.09. The van der Waals surface area contributed by atoms with Crippen LogP contribution in [0.3, 0.4) is 0 Å². The van der Waals surface area contributed by atoms with Gasteiger partial charge in [-0.15, -0.1) is 0 Å². The lowest BCUT2D eigenvalue weighted by Gasteiger charge is -2.06. The second-order valence-corrected chi connectivity index (χ2v) is 4.64. The Morgan fingerprint density at radius 1 is 1.27 bits per heavy atom. The zero-order chi connectivity index (χ0) is 15.9. The number of aliphatic carboxylic acids is 2. The highest BCUT2D eigenvalue weighted by Gasteiger charge is 2.38. The molecule has 2 aliphatic heterocycles. The molecule has 0 aromatic carbocycles. The molecule has 22 heavy (non-hydrogen) atoms. The van der Waals surface area contributed by atoms with Crippen LogP contribution in [-0.4, -0.2) is 52.0 Å². The summed E-state index contributed by atoms with van der Waals surface area (Å²) < 4.78 is 0. The van der Waals surface area contributed by atoms with Gasteiger partial charge >= 0.3 is 11.9 Å². The first kappa shape index (κ1) is 15.6. The molecular formula is C14H15N3O5. The van der Waals surface area contributed by atoms with Crippen molar-refractivity contribution in [3.05, 3.63) is 42.2 Å². The Hall–Kier alpha value is -2.74. The van der Waals surface area contributed by atoms with Gasteiger partial charge in [0.2, 0.25) is 0 Å². The van der Waals surface area contributed by atoms with Crippen molar-refractivity contribution >= 4 is 17.7 Å². The predicted octanol–water partition coefficient (Wildman–Crippen LogP) is 0.116. The summed E-state index contributed by atoms with van der Waals surface area (Å²) in [5.74, 6) is -2.11. The van der Waals surface area contributed by atoms with Crippen LogP contribution in [0.15, 0.2) is 41.8 Å². The minimum absolute atomic E-state index is 0.227. The number of rotatable bonds is 3. The molecule has 1 aromatic rings. The number of nitrogens with zero attached hydrogens (tertiary/aromatic N) is 2. The van der Waals surface area contributed by atoms with Gasteiger partial charge in [0, 0.05) is 43.2 Å². The van der Waals surface area contributed by atoms with Crippen LogP contribution in [0, 0.1) is 5.92 Å². The molecule has 2 unspecified atom stereocenters. The van der Waals surface area contributed by atoms with E-state index < -0.39 is 11.9 Å². The molecule has 8 nitrogen and oxygen atoms in total. The molecule has 1 saturated heterocycles. The van der Waals surface area contributed by atoms with E-state index in [-0.39, 0.29) is 6.10 Å². The molecule has 0 amide bonds. The summed E-state index contributed by atoms with van der Waals surface area (Å²) in [4.78, 5) is 28.5. The first-order valence-corrected chi connectivity index (χ1v) is 6.56. The molecule has 1 fully saturated rings. The number of fused-ring (bicyclic) bond motifs is 1. The maximum Gasteiger partial charge on any atom is 0.328 e. The third kappa shape index (κ3) is 4.13. The molecule has 0 aliphatic carbocycles. The molecule has 0 bridgehead atoms. The fourth-order valence-corrected chi connectivity index (χ4v) is 2.15. The minimum atomic E-state index is -1.26. The summed E-state index contributed by atoms with van der Waals surface area (Å²) in [6.45, 7) is 1.86. The van der Waals surface area contributed by atoms with Crippen molar-refractivity contribution in [3.63, 3.8) is 0 Å². The molecular weight excluding hydrogens is 290 g/mol. The third-order valence-corrected chi connectivity index (χ3v) is 3.12. The number of hydrogen-bond acceptors (Lipinski definition) is 6. The smallest absolute Gasteiger partial charge is 0.328 e. The van der Waals surface area contributed by atoms with Crippen LogP contribution in [-0.2, 0) is 14.4 Å². The van der Waals surface area contributed by atoms with Crippen molar-refractivity contribution in [1.82, 2.24) is 10.3 Å². The molecule has 3 N–H and O–H groups in total. The summed E-state index contributed by atoms with van der Waals surface area (Å²) in [7, 11) is 0. The lowest BCUT2D eigenvalue weighted by molar-refractivity contribution is -0.134. The number of hydrogen-bond donors (Lipinski definition) is 3. The quantitative estimate of drug-likeness (QED) is 0.678. The van der Waals surface area contributed by atoms with Gasteiger partial charge in [-0.3, -0.25) is 4.98 Å². The van der Waals surface area contributed by atoms with E-state index in [0.717, 1.165) is 24.4 Å². The summed E-state index contributed by atoms with van der Waals surface area (Å²) in [5.41, 5.74) is 2.11. The van der Waals surface area contributed by atoms with Crippen LogP contribution in [0.4, 0.5) is 0 Å². The monoisotopic (exact) mass is 305 g/mol. The van der Waals surface area contributed by atoms with Crippen LogP contribution in [0.25, 0.3) is 0 Å². The minimum Gasteiger partial charge on any atom is -0.478 e. The van der Waals surface area contributed by atoms with Gasteiger partial charge in [0.15, 0.2) is 0 Å². The Bertz CT molecular complexity index is 584. The summed E-state index contributed by atoms with van der Waals surface area (Å²) >= 11 is 0. The van der Waals surface area contributed by atoms with E-state index in [2.05, 4.69) is 15.5 Å². The molecule has 0 spiro atoms. The Morgan fingerprint density at radius 2 is 2.00 bits per heavy atom. The number of carboxylic acids is 2. The number of pyridine rings is 1. The van der Waals surface area contributed by atoms with Crippen LogP contribution in [0.1, 0.15) is 5.56 Å². The molecule has 3 heterocycles. The van der Waals surface area contributed by atoms with Crippen molar-refractivity contribution in [2.75, 3.05) is 13.1 Å². The van der Waals surface area contributed by atoms with E-state index in [1.807, 2.05) is 18.3 Å². The first-order chi connectivity index (χ1) is 10.6. The Morgan fingerprint density at radius 3 is 2.59 bits per heavy atom. The highest BCUT2D eigenvalue weighted by molar-refractivity contribution is 6.03. The zero-order valence-corrected chi connectivity index (χ0v) is 11.5. The molecule has 8 heteroatoms. The van der Waals surface area contributed by atoms with Crippen molar-refractivity contribution in [3.8, 4) is 0 Å². The molecule has 116 valence electrons. The van der Waals surface area contributed by atoms with Gasteiger partial charge in [-0.05, 0) is 12.1 Å². The predicted molar refractivity (Wildman–Crippen MR) is 76.4 cm³/mol. The fourth-order valence-electron chi connectivity index (χ4n) is 2.15. The Balaban J connectivity index is 0.000000192. The summed E-state index contributed by atoms with van der Waals surface area (Å²) in [5, 5.41) is 23.0. The normalized spacial score (nSPS) is 22.3. The van der Waals surface area contributed by atoms with Gasteiger partial charge in [-0.25, -0.2) is 9.59 Å². The molecule has 3 rings (SSSR count). The second-order valence-electron chi connectivity index (χ2n) is 4.64. The van der Waals surface area contributed by atoms with Crippen molar-refractivity contribution in [1.29, 1.82) is 0 Å². The largest absolute Gasteiger partial charge is 0.478 e. The van der Waals surface area contributed by atoms with Gasteiger partial charge in [-0.2, -0.15) is 0 Å². The molecule has 1 aromatic heterocycles. The highest BCUT2D eigenvalue weighted by Crippen LogP contribution is 2.25. The number of aromatic nitrogens is 1. The number of carboxylic acid groups (broad SMARTS) is 2. The number of oxime groups is 1. The third-order valence-electron chi connectivity index (χ3n) is 3.12. The van der Waals surface area contributed by atoms with Crippen LogP contribution in [0.5, 0.6) is 0 Å². The molecule has 2 atom stereocenters. The molecule has 0 radical (unpaired) electrons. The fraction of sp³-hybridized carbons (Fsp3) is 0.286. The molecule has 0 saturated carbocycles. The van der Waals surface area contributed by atoms with Crippen LogP contribution >= 0.6 is 0 Å². The van der Waals surface area contributed by atoms with Gasteiger partial charge in [0.25, 0.3) is 0 Å². The number of nitrogens with one attached hydrogen (secondary N) is 1. The van der Waals surface area contributed by atoms with Crippen molar-refractivity contribution < 1.29 is 24.6 Å². The standard InChI is InChI=1S/C10H11N3O.C4H4O4/c1-2-7(4-11-3-1)10-8-5-12-6-9(8)14-13-10;5-3(6)1-2-4(7)8/h1-4,8-9,12H,5-6H2;1-2H,(H,5,6)(H,7,8)/b;2-1+. The lowest BCUT2D eigenvalue weighted by atomic mass is 9.96. The van der Waals surface area contributed by atoms with E-state index in [1.54, 1.807) is 6.20 Å². The van der Waals surface area contributed by atoms with E-state index >= 15 is 0 Å². The maximum absolute atomic E-state index is 9.55. The van der Waals surface area contributed by atoms with E-state index in [1.165, 1.54) is 0 Å². The molecule has 2 aliphatic rings. The van der Waals surface area contributed by atoms with Crippen molar-refractivity contribution in [2.45, 2.75) is 6.10 Å². The second kappa shape index (κ2) is 7.32. The van der Waals surface area contributed by atoms with Crippen LogP contribution in [0.2, 0.25) is 0 Å². The summed E-state index contributed by atoms with van der Waals surface area (Å²) in [6.07, 6.45) is 4.95. The average molecular weight is 305 g/mol. The van der Waals surface area contributed by atoms with Gasteiger partial charge in [-0.1, -0.05) is 5.16 Å².